The number of aldehydes is 1. The molecule has 2 aliphatic rings. The average molecular weight is 470 g/mol. The second-order valence-corrected chi connectivity index (χ2v) is 8.84. The molecule has 0 bridgehead atoms. The van der Waals surface area contributed by atoms with E-state index < -0.39 is 30.3 Å². The van der Waals surface area contributed by atoms with E-state index in [2.05, 4.69) is 0 Å². The maximum atomic E-state index is 13.6. The molecule has 172 valence electrons. The topological polar surface area (TPSA) is 57.5 Å². The minimum Gasteiger partial charge on any atom is -0.491 e. The van der Waals surface area contributed by atoms with Crippen molar-refractivity contribution in [1.82, 2.24) is 4.57 Å². The van der Waals surface area contributed by atoms with Crippen LogP contribution in [0.15, 0.2) is 35.3 Å². The van der Waals surface area contributed by atoms with Crippen molar-refractivity contribution >= 4 is 17.9 Å². The molecule has 0 saturated heterocycles. The standard InChI is InChI=1S/C23H23ClF3NO4/c1-31-20(13-2-3-13)8-17(11-29)28-10-21-19(9-22(28)30)18-7-16(24)5-4-14(18)6-15(12-32-21)23(25,26)27/h4-5,7,9-11,13,15,17,20H,2-3,6,8,12H2,1H3. The Morgan fingerprint density at radius 3 is 2.66 bits per heavy atom. The van der Waals surface area contributed by atoms with E-state index in [0.717, 1.165) is 12.8 Å². The Morgan fingerprint density at radius 2 is 2.03 bits per heavy atom. The number of carbonyl (C=O) groups excluding carboxylic acids is 1. The predicted octanol–water partition coefficient (Wildman–Crippen LogP) is 4.84. The van der Waals surface area contributed by atoms with Gasteiger partial charge in [0.15, 0.2) is 0 Å². The number of fused-ring (bicyclic) bond motifs is 3. The van der Waals surface area contributed by atoms with Gasteiger partial charge in [-0.15, -0.1) is 0 Å². The maximum Gasteiger partial charge on any atom is 0.395 e. The lowest BCUT2D eigenvalue weighted by atomic mass is 9.91. The van der Waals surface area contributed by atoms with E-state index in [4.69, 9.17) is 21.1 Å². The third-order valence-corrected chi connectivity index (χ3v) is 6.45. The van der Waals surface area contributed by atoms with Gasteiger partial charge in [-0.1, -0.05) is 17.7 Å². The van der Waals surface area contributed by atoms with Crippen molar-refractivity contribution < 1.29 is 27.4 Å². The van der Waals surface area contributed by atoms with Gasteiger partial charge < -0.3 is 18.8 Å². The van der Waals surface area contributed by atoms with E-state index in [0.29, 0.717) is 40.3 Å². The number of methoxy groups -OCH3 is 1. The number of hydrogen-bond donors (Lipinski definition) is 0. The molecule has 3 unspecified atom stereocenters. The van der Waals surface area contributed by atoms with Crippen LogP contribution in [0.1, 0.15) is 30.9 Å². The average Bonchev–Trinajstić information content (AvgIpc) is 3.57. The van der Waals surface area contributed by atoms with Crippen LogP contribution in [-0.2, 0) is 16.0 Å². The second kappa shape index (κ2) is 8.90. The summed E-state index contributed by atoms with van der Waals surface area (Å²) in [7, 11) is 1.56. The predicted molar refractivity (Wildman–Crippen MR) is 113 cm³/mol. The fraction of sp³-hybridized carbons (Fsp3) is 0.478. The minimum atomic E-state index is -4.45. The fourth-order valence-corrected chi connectivity index (χ4v) is 4.41. The molecule has 9 heteroatoms. The SMILES string of the molecule is COC(CC(C=O)n1cc2c(cc1=O)-c1cc(Cl)ccc1CC(C(F)(F)F)CO2)C1CC1. The molecule has 1 aliphatic carbocycles. The summed E-state index contributed by atoms with van der Waals surface area (Å²) >= 11 is 6.11. The largest absolute Gasteiger partial charge is 0.491 e. The van der Waals surface area contributed by atoms with Gasteiger partial charge in [0.05, 0.1) is 24.3 Å². The molecule has 4 rings (SSSR count). The molecule has 3 atom stereocenters. The monoisotopic (exact) mass is 469 g/mol. The molecule has 0 N–H and O–H groups in total. The van der Waals surface area contributed by atoms with Crippen LogP contribution >= 0.6 is 11.6 Å². The van der Waals surface area contributed by atoms with Crippen molar-refractivity contribution in [3.05, 3.63) is 51.4 Å². The van der Waals surface area contributed by atoms with Gasteiger partial charge in [0, 0.05) is 30.2 Å². The number of alkyl halides is 3. The Morgan fingerprint density at radius 1 is 1.28 bits per heavy atom. The van der Waals surface area contributed by atoms with Gasteiger partial charge in [-0.25, -0.2) is 0 Å². The molecule has 2 aromatic rings. The summed E-state index contributed by atoms with van der Waals surface area (Å²) in [5, 5.41) is 0.334. The van der Waals surface area contributed by atoms with Crippen molar-refractivity contribution in [2.45, 2.75) is 44.0 Å². The molecular formula is C23H23ClF3NO4. The van der Waals surface area contributed by atoms with Gasteiger partial charge >= 0.3 is 6.18 Å². The molecule has 5 nitrogen and oxygen atoms in total. The quantitative estimate of drug-likeness (QED) is 0.568. The normalized spacial score (nSPS) is 20.2. The maximum absolute atomic E-state index is 13.6. The lowest BCUT2D eigenvalue weighted by molar-refractivity contribution is -0.181. The Labute approximate surface area is 188 Å². The summed E-state index contributed by atoms with van der Waals surface area (Å²) in [4.78, 5) is 24.8. The molecule has 1 saturated carbocycles. The van der Waals surface area contributed by atoms with E-state index >= 15 is 0 Å². The van der Waals surface area contributed by atoms with Crippen LogP contribution in [0.4, 0.5) is 13.2 Å². The zero-order valence-electron chi connectivity index (χ0n) is 17.4. The highest BCUT2D eigenvalue weighted by Crippen LogP contribution is 2.41. The van der Waals surface area contributed by atoms with Gasteiger partial charge in [-0.05, 0) is 48.4 Å². The molecule has 1 aromatic heterocycles. The molecule has 0 radical (unpaired) electrons. The number of ether oxygens (including phenoxy) is 2. The zero-order chi connectivity index (χ0) is 23.0. The van der Waals surface area contributed by atoms with Gasteiger partial charge in [-0.3, -0.25) is 4.79 Å². The van der Waals surface area contributed by atoms with Crippen molar-refractivity contribution in [3.63, 3.8) is 0 Å². The number of carbonyl (C=O) groups is 1. The smallest absolute Gasteiger partial charge is 0.395 e. The van der Waals surface area contributed by atoms with Crippen molar-refractivity contribution in [2.75, 3.05) is 13.7 Å². The fourth-order valence-electron chi connectivity index (χ4n) is 4.24. The van der Waals surface area contributed by atoms with E-state index in [9.17, 15) is 22.8 Å². The van der Waals surface area contributed by atoms with E-state index in [1.807, 2.05) is 0 Å². The van der Waals surface area contributed by atoms with Crippen molar-refractivity contribution in [3.8, 4) is 16.9 Å². The molecule has 1 aliphatic heterocycles. The summed E-state index contributed by atoms with van der Waals surface area (Å²) < 4.78 is 53.0. The molecule has 0 amide bonds. The first-order valence-corrected chi connectivity index (χ1v) is 10.8. The van der Waals surface area contributed by atoms with Crippen LogP contribution < -0.4 is 10.3 Å². The minimum absolute atomic E-state index is 0.106. The Balaban J connectivity index is 1.78. The summed E-state index contributed by atoms with van der Waals surface area (Å²) in [6, 6.07) is 5.09. The van der Waals surface area contributed by atoms with Gasteiger partial charge in [0.2, 0.25) is 0 Å². The number of aromatic nitrogens is 1. The molecule has 32 heavy (non-hydrogen) atoms. The van der Waals surface area contributed by atoms with Gasteiger partial charge in [-0.2, -0.15) is 13.2 Å². The van der Waals surface area contributed by atoms with Crippen LogP contribution in [0.5, 0.6) is 5.75 Å². The first-order chi connectivity index (χ1) is 15.2. The number of nitrogens with zero attached hydrogens (tertiary/aromatic N) is 1. The third kappa shape index (κ3) is 4.71. The molecule has 1 aromatic carbocycles. The number of halogens is 4. The van der Waals surface area contributed by atoms with E-state index in [1.54, 1.807) is 13.2 Å². The van der Waals surface area contributed by atoms with Crippen LogP contribution in [0.2, 0.25) is 5.02 Å². The Bertz CT molecular complexity index is 1060. The Hall–Kier alpha value is -2.32. The molecule has 1 fully saturated rings. The van der Waals surface area contributed by atoms with Crippen LogP contribution in [-0.4, -0.2) is 36.9 Å². The van der Waals surface area contributed by atoms with Gasteiger partial charge in [0.1, 0.15) is 18.6 Å². The first-order valence-electron chi connectivity index (χ1n) is 10.4. The molecule has 2 heterocycles. The lowest BCUT2D eigenvalue weighted by Gasteiger charge is -2.27. The Kier molecular flexibility index (Phi) is 6.36. The summed E-state index contributed by atoms with van der Waals surface area (Å²) in [5.41, 5.74) is 0.758. The highest BCUT2D eigenvalue weighted by molar-refractivity contribution is 6.30. The number of pyridine rings is 1. The third-order valence-electron chi connectivity index (χ3n) is 6.21. The van der Waals surface area contributed by atoms with E-state index in [-0.39, 0.29) is 18.3 Å². The zero-order valence-corrected chi connectivity index (χ0v) is 18.2. The number of benzene rings is 1. The summed E-state index contributed by atoms with van der Waals surface area (Å²) in [6.45, 7) is -0.592. The van der Waals surface area contributed by atoms with Crippen LogP contribution in [0.3, 0.4) is 0 Å². The van der Waals surface area contributed by atoms with Crippen molar-refractivity contribution in [1.29, 1.82) is 0 Å². The highest BCUT2D eigenvalue weighted by atomic mass is 35.5. The van der Waals surface area contributed by atoms with Crippen LogP contribution in [0.25, 0.3) is 11.1 Å². The summed E-state index contributed by atoms with van der Waals surface area (Å²) in [5.74, 6) is -1.26. The van der Waals surface area contributed by atoms with Crippen LogP contribution in [0, 0.1) is 11.8 Å². The number of rotatable bonds is 6. The molecule has 0 spiro atoms. The van der Waals surface area contributed by atoms with Gasteiger partial charge in [0.25, 0.3) is 5.56 Å². The van der Waals surface area contributed by atoms with E-state index in [1.165, 1.54) is 29.0 Å². The first kappa shape index (κ1) is 22.9. The summed E-state index contributed by atoms with van der Waals surface area (Å²) in [6.07, 6.45) is -0.610. The van der Waals surface area contributed by atoms with Crippen molar-refractivity contribution in [2.24, 2.45) is 11.8 Å². The lowest BCUT2D eigenvalue weighted by Crippen LogP contribution is -2.33. The number of hydrogen-bond acceptors (Lipinski definition) is 4. The highest BCUT2D eigenvalue weighted by Gasteiger charge is 2.41. The second-order valence-electron chi connectivity index (χ2n) is 8.40. The molecular weight excluding hydrogens is 447 g/mol.